The van der Waals surface area contributed by atoms with E-state index in [1.165, 1.54) is 0 Å². The van der Waals surface area contributed by atoms with E-state index in [1.54, 1.807) is 0 Å². The van der Waals surface area contributed by atoms with Crippen molar-refractivity contribution in [2.45, 2.75) is 76.5 Å². The third-order valence-electron chi connectivity index (χ3n) is 6.70. The number of carboxylic acid groups (broad SMARTS) is 2. The number of hydrogen-bond donors (Lipinski definition) is 6. The molecule has 49 heavy (non-hydrogen) atoms. The fraction of sp³-hybridized carbons (Fsp3) is 0.536. The number of nitrogens with one attached hydrogen (secondary N) is 2. The lowest BCUT2D eigenvalue weighted by atomic mass is 10.1. The predicted molar refractivity (Wildman–Crippen MR) is 160 cm³/mol. The van der Waals surface area contributed by atoms with E-state index >= 15 is 0 Å². The summed E-state index contributed by atoms with van der Waals surface area (Å²) in [6.45, 7) is 0.300. The summed E-state index contributed by atoms with van der Waals surface area (Å²) < 4.78 is 4.77. The van der Waals surface area contributed by atoms with Crippen LogP contribution < -0.4 is 22.1 Å². The van der Waals surface area contributed by atoms with E-state index in [4.69, 9.17) is 26.4 Å². The molecule has 0 fully saturated rings. The van der Waals surface area contributed by atoms with E-state index < -0.39 is 129 Å². The van der Waals surface area contributed by atoms with Crippen LogP contribution in [0.15, 0.2) is 12.2 Å². The Hall–Kier alpha value is -5.57. The Morgan fingerprint density at radius 2 is 1.18 bits per heavy atom. The SMILES string of the molecule is CC(C)(OC=O)C(=O)N(C(=O)CCNC(=O)[C@@H](N)CCC(=O)O)N(C(=O)CCNC(=O)[C@@H](N)CCC(=O)O)C(=O)CCN1C(=O)C=CC1=O. The molecular weight excluding hydrogens is 658 g/mol. The maximum absolute atomic E-state index is 13.6. The molecule has 1 heterocycles. The van der Waals surface area contributed by atoms with Gasteiger partial charge in [-0.3, -0.25) is 57.6 Å². The van der Waals surface area contributed by atoms with Gasteiger partial charge in [0, 0.05) is 63.9 Å². The zero-order valence-electron chi connectivity index (χ0n) is 26.7. The summed E-state index contributed by atoms with van der Waals surface area (Å²) in [5.74, 6) is -10.9. The molecule has 0 spiro atoms. The second-order valence-corrected chi connectivity index (χ2v) is 10.9. The third-order valence-corrected chi connectivity index (χ3v) is 6.70. The predicted octanol–water partition coefficient (Wildman–Crippen LogP) is -3.72. The first-order valence-corrected chi connectivity index (χ1v) is 14.7. The molecule has 0 saturated carbocycles. The van der Waals surface area contributed by atoms with Gasteiger partial charge in [-0.1, -0.05) is 0 Å². The number of ether oxygens (including phenoxy) is 1. The van der Waals surface area contributed by atoms with Gasteiger partial charge in [-0.2, -0.15) is 10.0 Å². The Kier molecular flexibility index (Phi) is 16.3. The second-order valence-electron chi connectivity index (χ2n) is 10.9. The van der Waals surface area contributed by atoms with Crippen LogP contribution in [0.5, 0.6) is 0 Å². The minimum absolute atomic E-state index is 0.0664. The quantitative estimate of drug-likeness (QED) is 0.0404. The molecular formula is C28H39N7O14. The van der Waals surface area contributed by atoms with Gasteiger partial charge in [-0.05, 0) is 26.7 Å². The fourth-order valence-corrected chi connectivity index (χ4v) is 3.95. The molecule has 0 aromatic rings. The van der Waals surface area contributed by atoms with Crippen molar-refractivity contribution in [3.63, 3.8) is 0 Å². The van der Waals surface area contributed by atoms with Gasteiger partial charge in [0.05, 0.1) is 12.1 Å². The first-order chi connectivity index (χ1) is 22.8. The molecule has 21 heteroatoms. The maximum Gasteiger partial charge on any atom is 0.303 e. The highest BCUT2D eigenvalue weighted by Gasteiger charge is 2.44. The highest BCUT2D eigenvalue weighted by atomic mass is 16.5. The highest BCUT2D eigenvalue weighted by molar-refractivity contribution is 6.13. The molecule has 21 nitrogen and oxygen atoms in total. The van der Waals surface area contributed by atoms with Gasteiger partial charge < -0.3 is 37.1 Å². The summed E-state index contributed by atoms with van der Waals surface area (Å²) >= 11 is 0. The summed E-state index contributed by atoms with van der Waals surface area (Å²) in [6.07, 6.45) is -1.80. The largest absolute Gasteiger partial charge is 0.481 e. The molecule has 2 atom stereocenters. The van der Waals surface area contributed by atoms with E-state index in [-0.39, 0.29) is 29.3 Å². The molecule has 0 unspecified atom stereocenters. The van der Waals surface area contributed by atoms with E-state index in [0.29, 0.717) is 4.90 Å². The van der Waals surface area contributed by atoms with E-state index in [2.05, 4.69) is 10.6 Å². The van der Waals surface area contributed by atoms with E-state index in [1.807, 2.05) is 0 Å². The minimum atomic E-state index is -2.17. The number of carboxylic acids is 2. The summed E-state index contributed by atoms with van der Waals surface area (Å²) in [5.41, 5.74) is 9.10. The van der Waals surface area contributed by atoms with Crippen molar-refractivity contribution in [2.75, 3.05) is 19.6 Å². The van der Waals surface area contributed by atoms with Crippen molar-refractivity contribution >= 4 is 65.7 Å². The normalized spacial score (nSPS) is 13.6. The average molecular weight is 698 g/mol. The second kappa shape index (κ2) is 19.3. The number of carbonyl (C=O) groups is 11. The standard InChI is InChI=1S/C28H39N7O14/c1-28(2,49-15-36)27(48)35(21(40)10-13-32-26(47)17(30)4-8-24(44)45)34(22(41)11-14-33-18(37)5-6-19(33)38)20(39)9-12-31-25(46)16(29)3-7-23(42)43/h5-6,15-17H,3-4,7-14,29-30H2,1-2H3,(H,31,46)(H,32,47)(H,42,43)(H,44,45)/t16-,17-/m0/s1. The van der Waals surface area contributed by atoms with E-state index in [9.17, 15) is 52.7 Å². The van der Waals surface area contributed by atoms with Crippen molar-refractivity contribution in [1.82, 2.24) is 25.6 Å². The molecule has 0 bridgehead atoms. The van der Waals surface area contributed by atoms with Crippen molar-refractivity contribution in [3.8, 4) is 0 Å². The summed E-state index contributed by atoms with van der Waals surface area (Å²) in [4.78, 5) is 136. The van der Waals surface area contributed by atoms with Gasteiger partial charge in [-0.25, -0.2) is 0 Å². The van der Waals surface area contributed by atoms with Gasteiger partial charge in [0.15, 0.2) is 5.60 Å². The zero-order valence-corrected chi connectivity index (χ0v) is 26.7. The Morgan fingerprint density at radius 3 is 1.59 bits per heavy atom. The number of hydrogen-bond acceptors (Lipinski definition) is 14. The van der Waals surface area contributed by atoms with Gasteiger partial charge in [0.2, 0.25) is 11.8 Å². The number of hydrazine groups is 1. The van der Waals surface area contributed by atoms with Crippen LogP contribution in [-0.2, 0) is 57.5 Å². The smallest absolute Gasteiger partial charge is 0.303 e. The molecule has 270 valence electrons. The zero-order chi connectivity index (χ0) is 37.5. The molecule has 0 radical (unpaired) electrons. The molecule has 1 aliphatic heterocycles. The number of imide groups is 3. The van der Waals surface area contributed by atoms with Crippen LogP contribution in [0, 0.1) is 0 Å². The molecule has 0 aromatic carbocycles. The van der Waals surface area contributed by atoms with Gasteiger partial charge in [0.25, 0.3) is 41.9 Å². The Labute approximate surface area is 278 Å². The highest BCUT2D eigenvalue weighted by Crippen LogP contribution is 2.19. The van der Waals surface area contributed by atoms with Crippen LogP contribution >= 0.6 is 0 Å². The number of nitrogens with two attached hydrogens (primary N) is 2. The Balaban J connectivity index is 3.34. The molecule has 8 amide bonds. The van der Waals surface area contributed by atoms with Gasteiger partial charge in [0.1, 0.15) is 0 Å². The van der Waals surface area contributed by atoms with Crippen LogP contribution in [0.2, 0.25) is 0 Å². The van der Waals surface area contributed by atoms with E-state index in [0.717, 1.165) is 26.0 Å². The van der Waals surface area contributed by atoms with Crippen LogP contribution in [0.1, 0.15) is 58.8 Å². The van der Waals surface area contributed by atoms with Crippen molar-refractivity contribution < 1.29 is 67.7 Å². The summed E-state index contributed by atoms with van der Waals surface area (Å²) in [6, 6.07) is -2.55. The van der Waals surface area contributed by atoms with Crippen molar-refractivity contribution in [1.29, 1.82) is 0 Å². The summed E-state index contributed by atoms with van der Waals surface area (Å²) in [5, 5.41) is 22.2. The molecule has 1 rings (SSSR count). The number of rotatable bonds is 20. The lowest BCUT2D eigenvalue weighted by Gasteiger charge is -2.36. The first-order valence-electron chi connectivity index (χ1n) is 14.7. The van der Waals surface area contributed by atoms with Crippen LogP contribution in [-0.4, -0.2) is 128 Å². The lowest BCUT2D eigenvalue weighted by molar-refractivity contribution is -0.189. The molecule has 8 N–H and O–H groups in total. The summed E-state index contributed by atoms with van der Waals surface area (Å²) in [7, 11) is 0. The minimum Gasteiger partial charge on any atom is -0.481 e. The average Bonchev–Trinajstić information content (AvgIpc) is 3.35. The van der Waals surface area contributed by atoms with Crippen LogP contribution in [0.4, 0.5) is 0 Å². The topological polar surface area (TPSA) is 323 Å². The third kappa shape index (κ3) is 13.2. The molecule has 0 saturated heterocycles. The number of nitrogens with zero attached hydrogens (tertiary/aromatic N) is 3. The number of carbonyl (C=O) groups excluding carboxylic acids is 9. The Morgan fingerprint density at radius 1 is 0.776 bits per heavy atom. The van der Waals surface area contributed by atoms with Crippen LogP contribution in [0.25, 0.3) is 0 Å². The monoisotopic (exact) mass is 697 g/mol. The van der Waals surface area contributed by atoms with Crippen LogP contribution in [0.3, 0.4) is 0 Å². The molecule has 0 aliphatic carbocycles. The lowest BCUT2D eigenvalue weighted by Crippen LogP contribution is -2.61. The first kappa shape index (κ1) is 41.5. The van der Waals surface area contributed by atoms with Crippen molar-refractivity contribution in [2.24, 2.45) is 11.5 Å². The van der Waals surface area contributed by atoms with Gasteiger partial charge >= 0.3 is 11.9 Å². The number of amides is 8. The Bertz CT molecular complexity index is 1360. The fourth-order valence-electron chi connectivity index (χ4n) is 3.95. The molecule has 1 aliphatic rings. The molecule has 0 aromatic heterocycles. The number of aliphatic carboxylic acids is 2. The van der Waals surface area contributed by atoms with Crippen molar-refractivity contribution in [3.05, 3.63) is 12.2 Å². The van der Waals surface area contributed by atoms with Gasteiger partial charge in [-0.15, -0.1) is 0 Å². The maximum atomic E-state index is 13.6.